The first-order chi connectivity index (χ1) is 12.2. The molecule has 1 saturated heterocycles. The highest BCUT2D eigenvalue weighted by Gasteiger charge is 2.36. The predicted octanol–water partition coefficient (Wildman–Crippen LogP) is 0.318. The van der Waals surface area contributed by atoms with Crippen molar-refractivity contribution in [3.63, 3.8) is 0 Å². The Morgan fingerprint density at radius 3 is 1.92 bits per heavy atom. The Hall–Kier alpha value is -0.320. The van der Waals surface area contributed by atoms with E-state index in [1.165, 1.54) is 0 Å². The summed E-state index contributed by atoms with van der Waals surface area (Å²) in [5.74, 6) is 0. The van der Waals surface area contributed by atoms with Crippen LogP contribution in [0.3, 0.4) is 0 Å². The van der Waals surface area contributed by atoms with Gasteiger partial charge in [-0.2, -0.15) is 0 Å². The minimum Gasteiger partial charge on any atom is -0.394 e. The van der Waals surface area contributed by atoms with E-state index in [9.17, 15) is 10.2 Å². The lowest BCUT2D eigenvalue weighted by atomic mass is 10.0. The molecule has 1 aliphatic rings. The Morgan fingerprint density at radius 2 is 1.40 bits per heavy atom. The maximum atomic E-state index is 9.65. The van der Waals surface area contributed by atoms with E-state index in [1.807, 2.05) is 13.8 Å². The first-order valence-corrected chi connectivity index (χ1v) is 9.16. The highest BCUT2D eigenvalue weighted by molar-refractivity contribution is 4.82. The first kappa shape index (κ1) is 24.7. The number of hydrogen-bond donors (Lipinski definition) is 3. The molecule has 8 heteroatoms. The molecule has 152 valence electrons. The monoisotopic (exact) mass is 368 g/mol. The van der Waals surface area contributed by atoms with Crippen LogP contribution in [0.5, 0.6) is 0 Å². The molecule has 0 aliphatic carbocycles. The molecular formula is C17H36O8. The third-order valence-electron chi connectivity index (χ3n) is 3.34. The normalized spacial score (nSPS) is 26.2. The van der Waals surface area contributed by atoms with Crippen LogP contribution in [0.4, 0.5) is 0 Å². The van der Waals surface area contributed by atoms with Gasteiger partial charge in [0, 0.05) is 13.0 Å². The van der Waals surface area contributed by atoms with Gasteiger partial charge in [0.25, 0.3) is 0 Å². The number of rotatable bonds is 13. The van der Waals surface area contributed by atoms with Crippen LogP contribution in [0.1, 0.15) is 33.6 Å². The fraction of sp³-hybridized carbons (Fsp3) is 1.00. The average Bonchev–Trinajstić information content (AvgIpc) is 2.64. The van der Waals surface area contributed by atoms with Crippen LogP contribution < -0.4 is 0 Å². The van der Waals surface area contributed by atoms with E-state index in [2.05, 4.69) is 6.92 Å². The maximum Gasteiger partial charge on any atom is 0.160 e. The molecule has 0 saturated carbocycles. The van der Waals surface area contributed by atoms with Crippen molar-refractivity contribution in [2.45, 2.75) is 58.2 Å². The predicted molar refractivity (Wildman–Crippen MR) is 92.4 cm³/mol. The lowest BCUT2D eigenvalue weighted by molar-refractivity contribution is -0.259. The summed E-state index contributed by atoms with van der Waals surface area (Å²) >= 11 is 0. The van der Waals surface area contributed by atoms with Gasteiger partial charge in [-0.3, -0.25) is 0 Å². The maximum absolute atomic E-state index is 9.65. The smallest absolute Gasteiger partial charge is 0.160 e. The highest BCUT2D eigenvalue weighted by atomic mass is 16.7. The summed E-state index contributed by atoms with van der Waals surface area (Å²) in [5.41, 5.74) is 0. The molecule has 4 atom stereocenters. The second-order valence-corrected chi connectivity index (χ2v) is 5.29. The summed E-state index contributed by atoms with van der Waals surface area (Å²) in [4.78, 5) is 0. The van der Waals surface area contributed by atoms with Crippen LogP contribution in [0.15, 0.2) is 0 Å². The molecule has 0 bridgehead atoms. The third-order valence-corrected chi connectivity index (χ3v) is 3.34. The zero-order chi connectivity index (χ0) is 18.9. The fourth-order valence-corrected chi connectivity index (χ4v) is 2.10. The van der Waals surface area contributed by atoms with Crippen molar-refractivity contribution < 1.29 is 39.0 Å². The van der Waals surface area contributed by atoms with Gasteiger partial charge >= 0.3 is 0 Å². The second-order valence-electron chi connectivity index (χ2n) is 5.29. The van der Waals surface area contributed by atoms with Crippen LogP contribution >= 0.6 is 0 Å². The standard InChI is InChI=1S/C15H30O8.C2H6/c1-2-3-19-4-5-20-6-7-21-8-9-22-14-10-12(17)15(18)13(11-16)23-14;1-2/h12-18H,2-11H2,1H3;1-2H3. The van der Waals surface area contributed by atoms with Gasteiger partial charge in [-0.25, -0.2) is 0 Å². The topological polar surface area (TPSA) is 107 Å². The van der Waals surface area contributed by atoms with E-state index >= 15 is 0 Å². The molecule has 0 aromatic heterocycles. The Kier molecular flexibility index (Phi) is 16.9. The Bertz CT molecular complexity index is 279. The molecule has 1 fully saturated rings. The van der Waals surface area contributed by atoms with Gasteiger partial charge in [-0.1, -0.05) is 20.8 Å². The quantitative estimate of drug-likeness (QED) is 0.399. The van der Waals surface area contributed by atoms with Crippen molar-refractivity contribution in [2.75, 3.05) is 52.9 Å². The van der Waals surface area contributed by atoms with Crippen molar-refractivity contribution in [3.8, 4) is 0 Å². The molecule has 0 aromatic rings. The molecule has 0 radical (unpaired) electrons. The Balaban J connectivity index is 0.00000277. The molecule has 0 aromatic carbocycles. The van der Waals surface area contributed by atoms with Gasteiger partial charge in [0.2, 0.25) is 0 Å². The van der Waals surface area contributed by atoms with Crippen LogP contribution in [-0.2, 0) is 23.7 Å². The summed E-state index contributed by atoms with van der Waals surface area (Å²) in [6.07, 6.45) is -2.36. The molecule has 8 nitrogen and oxygen atoms in total. The second kappa shape index (κ2) is 17.1. The van der Waals surface area contributed by atoms with E-state index < -0.39 is 24.6 Å². The van der Waals surface area contributed by atoms with Gasteiger partial charge in [0.05, 0.1) is 52.4 Å². The average molecular weight is 368 g/mol. The summed E-state index contributed by atoms with van der Waals surface area (Å²) in [6, 6.07) is 0. The molecule has 3 N–H and O–H groups in total. The van der Waals surface area contributed by atoms with Gasteiger partial charge in [-0.15, -0.1) is 0 Å². The molecule has 1 heterocycles. The van der Waals surface area contributed by atoms with Crippen molar-refractivity contribution in [2.24, 2.45) is 0 Å². The zero-order valence-corrected chi connectivity index (χ0v) is 15.8. The molecule has 1 aliphatic heterocycles. The number of hydrogen-bond acceptors (Lipinski definition) is 8. The van der Waals surface area contributed by atoms with E-state index in [-0.39, 0.29) is 13.0 Å². The first-order valence-electron chi connectivity index (χ1n) is 9.16. The minimum atomic E-state index is -1.09. The third kappa shape index (κ3) is 11.8. The van der Waals surface area contributed by atoms with E-state index in [1.54, 1.807) is 0 Å². The Morgan fingerprint density at radius 1 is 0.880 bits per heavy atom. The van der Waals surface area contributed by atoms with Crippen molar-refractivity contribution in [1.29, 1.82) is 0 Å². The van der Waals surface area contributed by atoms with E-state index in [0.29, 0.717) is 39.6 Å². The summed E-state index contributed by atoms with van der Waals surface area (Å²) in [5, 5.41) is 28.3. The largest absolute Gasteiger partial charge is 0.394 e. The molecule has 4 unspecified atom stereocenters. The van der Waals surface area contributed by atoms with Gasteiger partial charge in [0.1, 0.15) is 12.2 Å². The van der Waals surface area contributed by atoms with Gasteiger partial charge < -0.3 is 39.0 Å². The SMILES string of the molecule is CC.CCCOCCOCCOCCOC1CC(O)C(O)C(CO)O1. The summed E-state index contributed by atoms with van der Waals surface area (Å²) in [7, 11) is 0. The lowest BCUT2D eigenvalue weighted by Gasteiger charge is -2.35. The van der Waals surface area contributed by atoms with Crippen LogP contribution in [-0.4, -0.2) is 92.8 Å². The van der Waals surface area contributed by atoms with E-state index in [4.69, 9.17) is 28.8 Å². The number of aliphatic hydroxyl groups excluding tert-OH is 3. The summed E-state index contributed by atoms with van der Waals surface area (Å²) in [6.45, 7) is 9.22. The molecular weight excluding hydrogens is 332 g/mol. The number of aliphatic hydroxyl groups is 3. The fourth-order valence-electron chi connectivity index (χ4n) is 2.10. The minimum absolute atomic E-state index is 0.165. The van der Waals surface area contributed by atoms with Gasteiger partial charge in [0.15, 0.2) is 6.29 Å². The molecule has 1 rings (SSSR count). The number of ether oxygens (including phenoxy) is 5. The molecule has 25 heavy (non-hydrogen) atoms. The van der Waals surface area contributed by atoms with Crippen molar-refractivity contribution >= 4 is 0 Å². The van der Waals surface area contributed by atoms with Crippen molar-refractivity contribution in [3.05, 3.63) is 0 Å². The van der Waals surface area contributed by atoms with Crippen molar-refractivity contribution in [1.82, 2.24) is 0 Å². The van der Waals surface area contributed by atoms with Crippen LogP contribution in [0.2, 0.25) is 0 Å². The molecule has 0 spiro atoms. The van der Waals surface area contributed by atoms with E-state index in [0.717, 1.165) is 13.0 Å². The lowest BCUT2D eigenvalue weighted by Crippen LogP contribution is -2.50. The molecule has 0 amide bonds. The zero-order valence-electron chi connectivity index (χ0n) is 15.8. The summed E-state index contributed by atoms with van der Waals surface area (Å²) < 4.78 is 26.7. The van der Waals surface area contributed by atoms with Crippen LogP contribution in [0, 0.1) is 0 Å². The highest BCUT2D eigenvalue weighted by Crippen LogP contribution is 2.20. The Labute approximate surface area is 151 Å². The van der Waals surface area contributed by atoms with Crippen LogP contribution in [0.25, 0.3) is 0 Å². The van der Waals surface area contributed by atoms with Gasteiger partial charge in [-0.05, 0) is 6.42 Å².